The highest BCUT2D eigenvalue weighted by Crippen LogP contribution is 2.30. The molecule has 222 valence electrons. The summed E-state index contributed by atoms with van der Waals surface area (Å²) in [4.78, 5) is 22.2. The van der Waals surface area contributed by atoms with Gasteiger partial charge in [-0.2, -0.15) is 4.98 Å². The molecule has 3 N–H and O–H groups in total. The Balaban J connectivity index is 1.46. The molecule has 1 fully saturated rings. The van der Waals surface area contributed by atoms with E-state index in [9.17, 15) is 13.2 Å². The van der Waals surface area contributed by atoms with Crippen LogP contribution in [0, 0.1) is 0 Å². The first-order valence-corrected chi connectivity index (χ1v) is 16.4. The van der Waals surface area contributed by atoms with E-state index in [1.165, 1.54) is 38.3 Å². The Bertz CT molecular complexity index is 1190. The molecule has 0 spiro atoms. The van der Waals surface area contributed by atoms with Crippen molar-refractivity contribution < 1.29 is 18.3 Å². The molecular weight excluding hydrogens is 550 g/mol. The first-order chi connectivity index (χ1) is 19.2. The van der Waals surface area contributed by atoms with Crippen molar-refractivity contribution >= 4 is 44.9 Å². The van der Waals surface area contributed by atoms with Gasteiger partial charge in [0, 0.05) is 19.0 Å². The number of piperidine rings is 1. The number of nitrogens with one attached hydrogen (secondary N) is 2. The average molecular weight is 594 g/mol. The van der Waals surface area contributed by atoms with Crippen molar-refractivity contribution in [3.63, 3.8) is 0 Å². The monoisotopic (exact) mass is 593 g/mol. The minimum absolute atomic E-state index is 0.216. The highest BCUT2D eigenvalue weighted by Gasteiger charge is 2.24. The number of sulfone groups is 1. The number of rotatable bonds is 17. The van der Waals surface area contributed by atoms with Gasteiger partial charge in [-0.25, -0.2) is 13.4 Å². The van der Waals surface area contributed by atoms with Gasteiger partial charge in [0.2, 0.25) is 5.95 Å². The van der Waals surface area contributed by atoms with Gasteiger partial charge in [0.25, 0.3) is 0 Å². The number of hydrogen-bond donors (Lipinski definition) is 3. The lowest BCUT2D eigenvalue weighted by atomic mass is 10.0. The van der Waals surface area contributed by atoms with Crippen molar-refractivity contribution in [1.29, 1.82) is 0 Å². The Labute approximate surface area is 244 Å². The fourth-order valence-electron chi connectivity index (χ4n) is 4.96. The maximum atomic E-state index is 12.8. The Hall–Kier alpha value is -2.43. The van der Waals surface area contributed by atoms with Gasteiger partial charge >= 0.3 is 5.97 Å². The van der Waals surface area contributed by atoms with Crippen LogP contribution in [0.25, 0.3) is 0 Å². The summed E-state index contributed by atoms with van der Waals surface area (Å²) in [6.07, 6.45) is 12.9. The van der Waals surface area contributed by atoms with Gasteiger partial charge in [0.15, 0.2) is 15.7 Å². The van der Waals surface area contributed by atoms with Crippen LogP contribution in [-0.2, 0) is 14.6 Å². The van der Waals surface area contributed by atoms with E-state index in [1.807, 2.05) is 0 Å². The smallest absolute Gasteiger partial charge is 0.303 e. The third-order valence-corrected chi connectivity index (χ3v) is 9.75. The summed E-state index contributed by atoms with van der Waals surface area (Å²) in [7, 11) is -3.49. The van der Waals surface area contributed by atoms with Crippen LogP contribution in [0.3, 0.4) is 0 Å². The van der Waals surface area contributed by atoms with Crippen LogP contribution >= 0.6 is 11.6 Å². The molecule has 1 saturated heterocycles. The summed E-state index contributed by atoms with van der Waals surface area (Å²) < 4.78 is 25.7. The number of aromatic nitrogens is 2. The van der Waals surface area contributed by atoms with Crippen LogP contribution in [0.4, 0.5) is 17.5 Å². The minimum atomic E-state index is -3.49. The first-order valence-electron chi connectivity index (χ1n) is 14.5. The van der Waals surface area contributed by atoms with Gasteiger partial charge in [-0.3, -0.25) is 4.79 Å². The van der Waals surface area contributed by atoms with Gasteiger partial charge in [-0.1, -0.05) is 62.3 Å². The van der Waals surface area contributed by atoms with E-state index in [4.69, 9.17) is 16.7 Å². The van der Waals surface area contributed by atoms with Crippen molar-refractivity contribution in [3.05, 3.63) is 35.5 Å². The topological polar surface area (TPSA) is 125 Å². The molecule has 0 aliphatic carbocycles. The van der Waals surface area contributed by atoms with Crippen LogP contribution in [-0.4, -0.2) is 65.3 Å². The molecule has 3 rings (SSSR count). The quantitative estimate of drug-likeness (QED) is 0.176. The normalized spacial score (nSPS) is 16.2. The Kier molecular flexibility index (Phi) is 12.9. The van der Waals surface area contributed by atoms with Gasteiger partial charge in [-0.15, -0.1) is 0 Å². The van der Waals surface area contributed by atoms with Crippen molar-refractivity contribution in [2.45, 2.75) is 101 Å². The number of hydrogen-bond acceptors (Lipinski definition) is 8. The van der Waals surface area contributed by atoms with E-state index in [2.05, 4.69) is 25.5 Å². The van der Waals surface area contributed by atoms with Crippen LogP contribution in [0.5, 0.6) is 0 Å². The molecule has 0 saturated carbocycles. The van der Waals surface area contributed by atoms with Crippen molar-refractivity contribution in [3.8, 4) is 0 Å². The molecule has 0 amide bonds. The van der Waals surface area contributed by atoms with Crippen molar-refractivity contribution in [2.24, 2.45) is 0 Å². The molecule has 2 heterocycles. The lowest BCUT2D eigenvalue weighted by Gasteiger charge is -2.33. The highest BCUT2D eigenvalue weighted by atomic mass is 35.5. The molecule has 0 bridgehead atoms. The van der Waals surface area contributed by atoms with Gasteiger partial charge in [0.05, 0.1) is 22.0 Å². The summed E-state index contributed by atoms with van der Waals surface area (Å²) in [5, 5.41) is 15.0. The van der Waals surface area contributed by atoms with Crippen molar-refractivity contribution in [1.82, 2.24) is 14.9 Å². The number of aliphatic carboxylic acids is 1. The molecule has 0 radical (unpaired) electrons. The Morgan fingerprint density at radius 3 is 2.48 bits per heavy atom. The summed E-state index contributed by atoms with van der Waals surface area (Å²) in [5.41, 5.74) is 0.435. The Morgan fingerprint density at radius 2 is 1.77 bits per heavy atom. The van der Waals surface area contributed by atoms with Crippen LogP contribution in [0.15, 0.2) is 35.4 Å². The molecule has 1 aliphatic heterocycles. The molecule has 1 atom stereocenters. The number of benzene rings is 1. The fourth-order valence-corrected chi connectivity index (χ4v) is 6.30. The number of carboxylic acid groups (broad SMARTS) is 1. The van der Waals surface area contributed by atoms with Crippen LogP contribution in [0.1, 0.15) is 84.5 Å². The molecule has 40 heavy (non-hydrogen) atoms. The second-order valence-corrected chi connectivity index (χ2v) is 13.7. The van der Waals surface area contributed by atoms with Gasteiger partial charge < -0.3 is 20.6 Å². The fraction of sp³-hybridized carbons (Fsp3) is 0.621. The number of carbonyl (C=O) groups is 1. The predicted molar refractivity (Wildman–Crippen MR) is 161 cm³/mol. The zero-order valence-electron chi connectivity index (χ0n) is 23.7. The molecule has 1 unspecified atom stereocenters. The molecule has 2 aromatic rings. The van der Waals surface area contributed by atoms with Gasteiger partial charge in [0.1, 0.15) is 5.02 Å². The summed E-state index contributed by atoms with van der Waals surface area (Å²) in [5.74, 6) is 0.127. The third kappa shape index (κ3) is 10.2. The van der Waals surface area contributed by atoms with E-state index < -0.39 is 21.1 Å². The van der Waals surface area contributed by atoms with E-state index in [-0.39, 0.29) is 17.4 Å². The van der Waals surface area contributed by atoms with E-state index in [1.54, 1.807) is 38.1 Å². The van der Waals surface area contributed by atoms with E-state index in [0.29, 0.717) is 22.5 Å². The molecule has 1 aliphatic rings. The maximum absolute atomic E-state index is 12.8. The van der Waals surface area contributed by atoms with E-state index in [0.717, 1.165) is 51.7 Å². The van der Waals surface area contributed by atoms with Crippen molar-refractivity contribution in [2.75, 3.05) is 30.3 Å². The number of likely N-dealkylation sites (tertiary alicyclic amines) is 1. The van der Waals surface area contributed by atoms with Gasteiger partial charge in [-0.05, 0) is 64.8 Å². The Morgan fingerprint density at radius 1 is 1.10 bits per heavy atom. The lowest BCUT2D eigenvalue weighted by molar-refractivity contribution is -0.137. The lowest BCUT2D eigenvalue weighted by Crippen LogP contribution is -2.42. The molecule has 1 aromatic carbocycles. The summed E-state index contributed by atoms with van der Waals surface area (Å²) in [6.45, 7) is 6.42. The number of nitrogens with zero attached hydrogens (tertiary/aromatic N) is 3. The van der Waals surface area contributed by atoms with E-state index >= 15 is 0 Å². The largest absolute Gasteiger partial charge is 0.481 e. The molecule has 9 nitrogen and oxygen atoms in total. The molecule has 11 heteroatoms. The molecule has 1 aromatic heterocycles. The van der Waals surface area contributed by atoms with Crippen LogP contribution < -0.4 is 10.6 Å². The average Bonchev–Trinajstić information content (AvgIpc) is 2.92. The zero-order chi connectivity index (χ0) is 29.0. The second kappa shape index (κ2) is 16.1. The third-order valence-electron chi connectivity index (χ3n) is 7.27. The highest BCUT2D eigenvalue weighted by molar-refractivity contribution is 7.92. The zero-order valence-corrected chi connectivity index (χ0v) is 25.3. The first kappa shape index (κ1) is 32.1. The predicted octanol–water partition coefficient (Wildman–Crippen LogP) is 6.53. The summed E-state index contributed by atoms with van der Waals surface area (Å²) in [6, 6.07) is 7.01. The number of halogens is 1. The number of anilines is 3. The standard InChI is InChI=1S/C29H44ClN5O4S/c1-22(2)40(38,39)26-16-11-10-15-25(26)33-28-24(30)20-31-29(34-28)32-23-14-13-19-35(21-23)18-12-8-6-4-3-5-7-9-17-27(36)37/h10-11,15-16,20,22-23H,3-9,12-14,17-19,21H2,1-2H3,(H,36,37)(H2,31,32,33,34). The summed E-state index contributed by atoms with van der Waals surface area (Å²) >= 11 is 6.38. The minimum Gasteiger partial charge on any atom is -0.481 e. The van der Waals surface area contributed by atoms with Crippen LogP contribution in [0.2, 0.25) is 5.02 Å². The SMILES string of the molecule is CC(C)S(=O)(=O)c1ccccc1Nc1nc(NC2CCCN(CCCCCCCCCCC(=O)O)C2)ncc1Cl. The second-order valence-electron chi connectivity index (χ2n) is 10.9. The molecular formula is C29H44ClN5O4S. The number of para-hydroxylation sites is 1. The number of carboxylic acids is 1. The maximum Gasteiger partial charge on any atom is 0.303 e. The number of unbranched alkanes of at least 4 members (excludes halogenated alkanes) is 7.